The molecular weight excluding hydrogens is 202 g/mol. The molecule has 0 amide bonds. The van der Waals surface area contributed by atoms with E-state index < -0.39 is 0 Å². The van der Waals surface area contributed by atoms with E-state index in [1.165, 1.54) is 12.5 Å². The maximum absolute atomic E-state index is 8.84. The summed E-state index contributed by atoms with van der Waals surface area (Å²) in [5.74, 6) is 0.597. The predicted molar refractivity (Wildman–Crippen MR) is 56.4 cm³/mol. The van der Waals surface area contributed by atoms with Gasteiger partial charge in [0, 0.05) is 12.1 Å². The van der Waals surface area contributed by atoms with Gasteiger partial charge in [0.15, 0.2) is 0 Å². The number of rotatable bonds is 4. The number of nitrogens with one attached hydrogen (secondary N) is 1. The lowest BCUT2D eigenvalue weighted by Gasteiger charge is -2.26. The third-order valence-electron chi connectivity index (χ3n) is 1.86. The summed E-state index contributed by atoms with van der Waals surface area (Å²) in [6.07, 6.45) is 3.60. The number of hydrogen-bond donors (Lipinski definition) is 2. The number of aliphatic hydroxyl groups excluding tert-OH is 1. The zero-order valence-electron chi connectivity index (χ0n) is 8.29. The molecule has 1 rings (SSSR count). The van der Waals surface area contributed by atoms with Crippen LogP contribution in [0.3, 0.4) is 0 Å². The summed E-state index contributed by atoms with van der Waals surface area (Å²) in [5, 5.41) is 12.5. The molecule has 0 aliphatic rings. The smallest absolute Gasteiger partial charge is 0.148 e. The van der Waals surface area contributed by atoms with Crippen molar-refractivity contribution in [1.29, 1.82) is 0 Å². The summed E-state index contributed by atoms with van der Waals surface area (Å²) in [5.41, 5.74) is -0.229. The van der Waals surface area contributed by atoms with Crippen molar-refractivity contribution in [3.8, 4) is 0 Å². The summed E-state index contributed by atoms with van der Waals surface area (Å²) in [6.45, 7) is 4.08. The molecule has 0 bridgehead atoms. The van der Waals surface area contributed by atoms with E-state index in [4.69, 9.17) is 16.7 Å². The molecule has 14 heavy (non-hydrogen) atoms. The van der Waals surface area contributed by atoms with Gasteiger partial charge in [0.1, 0.15) is 17.2 Å². The van der Waals surface area contributed by atoms with Crippen molar-refractivity contribution in [2.75, 3.05) is 11.9 Å². The van der Waals surface area contributed by atoms with Crippen LogP contribution in [0.25, 0.3) is 0 Å². The minimum Gasteiger partial charge on any atom is -0.396 e. The van der Waals surface area contributed by atoms with Gasteiger partial charge in [0.05, 0.1) is 6.20 Å². The van der Waals surface area contributed by atoms with E-state index in [1.807, 2.05) is 13.8 Å². The number of halogens is 1. The predicted octanol–water partition coefficient (Wildman–Crippen LogP) is 1.70. The van der Waals surface area contributed by atoms with E-state index >= 15 is 0 Å². The monoisotopic (exact) mass is 215 g/mol. The topological polar surface area (TPSA) is 58.0 Å². The van der Waals surface area contributed by atoms with E-state index in [1.54, 1.807) is 0 Å². The molecule has 0 saturated heterocycles. The first-order chi connectivity index (χ1) is 6.55. The summed E-state index contributed by atoms with van der Waals surface area (Å²) in [7, 11) is 0. The Balaban J connectivity index is 2.73. The lowest BCUT2D eigenvalue weighted by Crippen LogP contribution is -2.32. The highest BCUT2D eigenvalue weighted by molar-refractivity contribution is 6.32. The first-order valence-corrected chi connectivity index (χ1v) is 4.77. The van der Waals surface area contributed by atoms with Crippen molar-refractivity contribution >= 4 is 17.4 Å². The summed E-state index contributed by atoms with van der Waals surface area (Å²) < 4.78 is 0. The van der Waals surface area contributed by atoms with Crippen LogP contribution in [0.4, 0.5) is 5.82 Å². The summed E-state index contributed by atoms with van der Waals surface area (Å²) in [4.78, 5) is 7.80. The number of aliphatic hydroxyl groups is 1. The van der Waals surface area contributed by atoms with Gasteiger partial charge < -0.3 is 10.4 Å². The Morgan fingerprint density at radius 2 is 2.29 bits per heavy atom. The average Bonchev–Trinajstić information content (AvgIpc) is 2.08. The van der Waals surface area contributed by atoms with E-state index in [9.17, 15) is 0 Å². The molecule has 0 saturated carbocycles. The van der Waals surface area contributed by atoms with Crippen LogP contribution in [0.1, 0.15) is 20.3 Å². The Labute approximate surface area is 88.3 Å². The van der Waals surface area contributed by atoms with Crippen molar-refractivity contribution in [3.63, 3.8) is 0 Å². The third-order valence-corrected chi connectivity index (χ3v) is 2.14. The second-order valence-electron chi connectivity index (χ2n) is 3.70. The number of anilines is 1. The second-order valence-corrected chi connectivity index (χ2v) is 4.11. The molecule has 0 spiro atoms. The van der Waals surface area contributed by atoms with Crippen LogP contribution < -0.4 is 5.32 Å². The number of aromatic nitrogens is 2. The highest BCUT2D eigenvalue weighted by Crippen LogP contribution is 2.22. The van der Waals surface area contributed by atoms with Gasteiger partial charge in [-0.2, -0.15) is 0 Å². The van der Waals surface area contributed by atoms with Gasteiger partial charge in [0.2, 0.25) is 0 Å². The normalized spacial score (nSPS) is 11.4. The van der Waals surface area contributed by atoms with E-state index in [0.717, 1.165) is 0 Å². The maximum Gasteiger partial charge on any atom is 0.148 e. The molecule has 0 unspecified atom stereocenters. The molecule has 0 radical (unpaired) electrons. The molecule has 0 atom stereocenters. The highest BCUT2D eigenvalue weighted by atomic mass is 35.5. The van der Waals surface area contributed by atoms with Gasteiger partial charge in [-0.05, 0) is 20.3 Å². The Morgan fingerprint density at radius 1 is 1.57 bits per heavy atom. The Morgan fingerprint density at radius 3 is 2.86 bits per heavy atom. The summed E-state index contributed by atoms with van der Waals surface area (Å²) in [6, 6.07) is 0. The zero-order chi connectivity index (χ0) is 10.6. The molecular formula is C9H14ClN3O. The van der Waals surface area contributed by atoms with Gasteiger partial charge >= 0.3 is 0 Å². The minimum atomic E-state index is -0.229. The molecule has 78 valence electrons. The average molecular weight is 216 g/mol. The van der Waals surface area contributed by atoms with E-state index in [0.29, 0.717) is 17.3 Å². The molecule has 0 aromatic carbocycles. The molecule has 0 fully saturated rings. The fourth-order valence-electron chi connectivity index (χ4n) is 1.07. The molecule has 1 aromatic rings. The van der Waals surface area contributed by atoms with Gasteiger partial charge in [-0.3, -0.25) is 0 Å². The maximum atomic E-state index is 8.84. The first kappa shape index (κ1) is 11.2. The Bertz CT molecular complexity index is 304. The van der Waals surface area contributed by atoms with Gasteiger partial charge in [0.25, 0.3) is 0 Å². The molecule has 1 aromatic heterocycles. The third kappa shape index (κ3) is 3.12. The van der Waals surface area contributed by atoms with Gasteiger partial charge in [-0.15, -0.1) is 0 Å². The second kappa shape index (κ2) is 4.57. The van der Waals surface area contributed by atoms with Gasteiger partial charge in [-0.1, -0.05) is 11.6 Å². The molecule has 1 heterocycles. The lowest BCUT2D eigenvalue weighted by atomic mass is 10.0. The largest absolute Gasteiger partial charge is 0.396 e. The first-order valence-electron chi connectivity index (χ1n) is 4.40. The Hall–Kier alpha value is -0.870. The van der Waals surface area contributed by atoms with Crippen LogP contribution in [-0.4, -0.2) is 27.2 Å². The Kier molecular flexibility index (Phi) is 3.66. The standard InChI is InChI=1S/C9H14ClN3O/c1-9(2,3-4-14)13-8-7(10)5-11-6-12-8/h5-6,14H,3-4H2,1-2H3,(H,11,12,13). The molecule has 5 heteroatoms. The van der Waals surface area contributed by atoms with Crippen molar-refractivity contribution in [1.82, 2.24) is 9.97 Å². The van der Waals surface area contributed by atoms with Crippen LogP contribution in [0.2, 0.25) is 5.02 Å². The minimum absolute atomic E-state index is 0.128. The van der Waals surface area contributed by atoms with Crippen molar-refractivity contribution in [2.24, 2.45) is 0 Å². The van der Waals surface area contributed by atoms with E-state index in [-0.39, 0.29) is 12.1 Å². The molecule has 2 N–H and O–H groups in total. The molecule has 0 aliphatic heterocycles. The number of hydrogen-bond acceptors (Lipinski definition) is 4. The van der Waals surface area contributed by atoms with Crippen molar-refractivity contribution < 1.29 is 5.11 Å². The van der Waals surface area contributed by atoms with E-state index in [2.05, 4.69) is 15.3 Å². The van der Waals surface area contributed by atoms with Crippen LogP contribution in [0, 0.1) is 0 Å². The van der Waals surface area contributed by atoms with Crippen LogP contribution in [0.15, 0.2) is 12.5 Å². The van der Waals surface area contributed by atoms with Crippen LogP contribution in [0.5, 0.6) is 0 Å². The summed E-state index contributed by atoms with van der Waals surface area (Å²) >= 11 is 5.88. The zero-order valence-corrected chi connectivity index (χ0v) is 9.04. The quantitative estimate of drug-likeness (QED) is 0.803. The number of nitrogens with zero attached hydrogens (tertiary/aromatic N) is 2. The fourth-order valence-corrected chi connectivity index (χ4v) is 1.22. The van der Waals surface area contributed by atoms with Crippen LogP contribution >= 0.6 is 11.6 Å². The molecule has 0 aliphatic carbocycles. The fraction of sp³-hybridized carbons (Fsp3) is 0.556. The SMILES string of the molecule is CC(C)(CCO)Nc1ncncc1Cl. The van der Waals surface area contributed by atoms with Crippen molar-refractivity contribution in [2.45, 2.75) is 25.8 Å². The lowest BCUT2D eigenvalue weighted by molar-refractivity contribution is 0.260. The highest BCUT2D eigenvalue weighted by Gasteiger charge is 2.18. The molecule has 4 nitrogen and oxygen atoms in total. The van der Waals surface area contributed by atoms with Crippen LogP contribution in [-0.2, 0) is 0 Å². The van der Waals surface area contributed by atoms with Gasteiger partial charge in [-0.25, -0.2) is 9.97 Å². The van der Waals surface area contributed by atoms with Crippen molar-refractivity contribution in [3.05, 3.63) is 17.5 Å².